The summed E-state index contributed by atoms with van der Waals surface area (Å²) < 4.78 is 28.9. The third kappa shape index (κ3) is 3.05. The molecule has 0 radical (unpaired) electrons. The Morgan fingerprint density at radius 3 is 2.55 bits per heavy atom. The molecule has 1 fully saturated rings. The van der Waals surface area contributed by atoms with Crippen LogP contribution in [0.15, 0.2) is 0 Å². The molecule has 66 valence electrons. The molecular weight excluding hydrogens is 191 g/mol. The molecule has 1 aliphatic heterocycles. The van der Waals surface area contributed by atoms with E-state index in [2.05, 4.69) is 0 Å². The number of ether oxygens (including phenoxy) is 1. The van der Waals surface area contributed by atoms with Crippen LogP contribution in [0.2, 0.25) is 0 Å². The van der Waals surface area contributed by atoms with E-state index in [4.69, 9.17) is 15.4 Å². The van der Waals surface area contributed by atoms with E-state index in [0.717, 1.165) is 0 Å². The molecule has 0 N–H and O–H groups in total. The first-order chi connectivity index (χ1) is 5.12. The highest BCUT2D eigenvalue weighted by Crippen LogP contribution is 2.26. The van der Waals surface area contributed by atoms with Crippen molar-refractivity contribution in [2.45, 2.75) is 18.5 Å². The molecular formula is C6H10ClFO2S. The van der Waals surface area contributed by atoms with Crippen molar-refractivity contribution >= 4 is 20.7 Å². The fraction of sp³-hybridized carbons (Fsp3) is 1.00. The minimum atomic E-state index is -1.56. The molecule has 1 atom stereocenters. The van der Waals surface area contributed by atoms with E-state index in [-0.39, 0.29) is 5.75 Å². The Hall–Kier alpha value is 0.330. The van der Waals surface area contributed by atoms with Crippen LogP contribution in [0.3, 0.4) is 0 Å². The third-order valence-corrected chi connectivity index (χ3v) is 2.83. The SMILES string of the molecule is O=S(Cl)CC1(F)CCOCC1. The summed E-state index contributed by atoms with van der Waals surface area (Å²) in [5, 5.41) is 0. The van der Waals surface area contributed by atoms with E-state index in [1.54, 1.807) is 0 Å². The van der Waals surface area contributed by atoms with E-state index < -0.39 is 15.7 Å². The Morgan fingerprint density at radius 1 is 1.55 bits per heavy atom. The zero-order chi connectivity index (χ0) is 8.32. The van der Waals surface area contributed by atoms with Gasteiger partial charge >= 0.3 is 0 Å². The molecule has 0 aliphatic carbocycles. The predicted molar refractivity (Wildman–Crippen MR) is 42.8 cm³/mol. The first-order valence-corrected chi connectivity index (χ1v) is 5.58. The Morgan fingerprint density at radius 2 is 2.09 bits per heavy atom. The van der Waals surface area contributed by atoms with Gasteiger partial charge in [0.2, 0.25) is 0 Å². The fourth-order valence-electron chi connectivity index (χ4n) is 1.08. The first-order valence-electron chi connectivity index (χ1n) is 3.44. The Labute approximate surface area is 72.0 Å². The molecule has 1 unspecified atom stereocenters. The third-order valence-electron chi connectivity index (χ3n) is 1.76. The van der Waals surface area contributed by atoms with Crippen molar-refractivity contribution < 1.29 is 13.3 Å². The zero-order valence-electron chi connectivity index (χ0n) is 6.02. The van der Waals surface area contributed by atoms with Gasteiger partial charge in [0.25, 0.3) is 0 Å². The van der Waals surface area contributed by atoms with E-state index >= 15 is 0 Å². The van der Waals surface area contributed by atoms with E-state index in [9.17, 15) is 8.60 Å². The van der Waals surface area contributed by atoms with Gasteiger partial charge in [-0.05, 0) is 10.7 Å². The number of hydrogen-bond donors (Lipinski definition) is 0. The van der Waals surface area contributed by atoms with Crippen molar-refractivity contribution in [1.29, 1.82) is 0 Å². The maximum Gasteiger partial charge on any atom is 0.128 e. The average Bonchev–Trinajstić information content (AvgIpc) is 1.85. The highest BCUT2D eigenvalue weighted by molar-refractivity contribution is 8.08. The summed E-state index contributed by atoms with van der Waals surface area (Å²) in [7, 11) is 3.63. The Balaban J connectivity index is 2.43. The van der Waals surface area contributed by atoms with Crippen molar-refractivity contribution in [2.24, 2.45) is 0 Å². The molecule has 5 heteroatoms. The monoisotopic (exact) mass is 200 g/mol. The number of rotatable bonds is 2. The Bertz CT molecular complexity index is 159. The van der Waals surface area contributed by atoms with Gasteiger partial charge in [-0.15, -0.1) is 0 Å². The molecule has 1 aliphatic rings. The molecule has 0 aromatic heterocycles. The van der Waals surface area contributed by atoms with Crippen molar-refractivity contribution in [2.75, 3.05) is 19.0 Å². The van der Waals surface area contributed by atoms with Gasteiger partial charge in [0.15, 0.2) is 0 Å². The molecule has 0 spiro atoms. The quantitative estimate of drug-likeness (QED) is 0.630. The van der Waals surface area contributed by atoms with Crippen molar-refractivity contribution in [1.82, 2.24) is 0 Å². The molecule has 0 aromatic carbocycles. The number of hydrogen-bond acceptors (Lipinski definition) is 2. The lowest BCUT2D eigenvalue weighted by molar-refractivity contribution is 0.00434. The largest absolute Gasteiger partial charge is 0.381 e. The molecule has 0 saturated carbocycles. The molecule has 11 heavy (non-hydrogen) atoms. The summed E-state index contributed by atoms with van der Waals surface area (Å²) in [6, 6.07) is 0. The maximum absolute atomic E-state index is 13.5. The summed E-state index contributed by atoms with van der Waals surface area (Å²) >= 11 is 0. The van der Waals surface area contributed by atoms with Gasteiger partial charge in [-0.1, -0.05) is 0 Å². The van der Waals surface area contributed by atoms with Gasteiger partial charge in [0.1, 0.15) is 15.7 Å². The maximum atomic E-state index is 13.5. The minimum Gasteiger partial charge on any atom is -0.381 e. The lowest BCUT2D eigenvalue weighted by atomic mass is 9.99. The van der Waals surface area contributed by atoms with Crippen LogP contribution in [0.4, 0.5) is 4.39 Å². The van der Waals surface area contributed by atoms with Gasteiger partial charge < -0.3 is 4.74 Å². The van der Waals surface area contributed by atoms with E-state index in [1.165, 1.54) is 0 Å². The second-order valence-electron chi connectivity index (χ2n) is 2.70. The van der Waals surface area contributed by atoms with Gasteiger partial charge in [-0.2, -0.15) is 0 Å². The highest BCUT2D eigenvalue weighted by atomic mass is 35.7. The van der Waals surface area contributed by atoms with Gasteiger partial charge in [-0.3, -0.25) is 0 Å². The molecule has 2 nitrogen and oxygen atoms in total. The van der Waals surface area contributed by atoms with Gasteiger partial charge in [0, 0.05) is 26.1 Å². The van der Waals surface area contributed by atoms with Crippen LogP contribution >= 0.6 is 10.7 Å². The smallest absolute Gasteiger partial charge is 0.128 e. The second-order valence-corrected chi connectivity index (χ2v) is 4.60. The van der Waals surface area contributed by atoms with Crippen LogP contribution in [-0.4, -0.2) is 28.8 Å². The average molecular weight is 201 g/mol. The van der Waals surface area contributed by atoms with Crippen LogP contribution < -0.4 is 0 Å². The van der Waals surface area contributed by atoms with Crippen LogP contribution in [0.25, 0.3) is 0 Å². The minimum absolute atomic E-state index is 0.0715. The first kappa shape index (κ1) is 9.42. The standard InChI is InChI=1S/C6H10ClFO2S/c7-11(9)5-6(8)1-3-10-4-2-6/h1-5H2. The van der Waals surface area contributed by atoms with Crippen LogP contribution in [-0.2, 0) is 14.7 Å². The zero-order valence-corrected chi connectivity index (χ0v) is 7.59. The summed E-state index contributed by atoms with van der Waals surface area (Å²) in [6.45, 7) is 0.815. The molecule has 0 bridgehead atoms. The van der Waals surface area contributed by atoms with E-state index in [1.807, 2.05) is 0 Å². The normalized spacial score (nSPS) is 26.4. The predicted octanol–water partition coefficient (Wildman–Crippen LogP) is 1.41. The Kier molecular flexibility index (Phi) is 3.28. The molecule has 1 heterocycles. The summed E-state index contributed by atoms with van der Waals surface area (Å²) in [5.41, 5.74) is -1.36. The number of halogens is 2. The second kappa shape index (κ2) is 3.83. The van der Waals surface area contributed by atoms with Crippen molar-refractivity contribution in [3.05, 3.63) is 0 Å². The summed E-state index contributed by atoms with van der Waals surface area (Å²) in [6.07, 6.45) is 0.622. The van der Waals surface area contributed by atoms with Gasteiger partial charge in [-0.25, -0.2) is 8.60 Å². The van der Waals surface area contributed by atoms with Gasteiger partial charge in [0.05, 0.1) is 5.75 Å². The van der Waals surface area contributed by atoms with Crippen molar-refractivity contribution in [3.8, 4) is 0 Å². The summed E-state index contributed by atoms with van der Waals surface area (Å²) in [4.78, 5) is 0. The van der Waals surface area contributed by atoms with Crippen molar-refractivity contribution in [3.63, 3.8) is 0 Å². The van der Waals surface area contributed by atoms with E-state index in [0.29, 0.717) is 26.1 Å². The lowest BCUT2D eigenvalue weighted by Gasteiger charge is -2.27. The summed E-state index contributed by atoms with van der Waals surface area (Å²) in [5.74, 6) is -0.0715. The lowest BCUT2D eigenvalue weighted by Crippen LogP contribution is -2.36. The molecule has 0 amide bonds. The van der Waals surface area contributed by atoms with Crippen LogP contribution in [0, 0.1) is 0 Å². The molecule has 1 saturated heterocycles. The van der Waals surface area contributed by atoms with Crippen LogP contribution in [0.1, 0.15) is 12.8 Å². The molecule has 0 aromatic rings. The van der Waals surface area contributed by atoms with Crippen LogP contribution in [0.5, 0.6) is 0 Å². The number of alkyl halides is 1. The molecule has 1 rings (SSSR count). The highest BCUT2D eigenvalue weighted by Gasteiger charge is 2.33. The fourth-order valence-corrected chi connectivity index (χ4v) is 2.37. The topological polar surface area (TPSA) is 26.3 Å².